The molecule has 5 unspecified atom stereocenters. The number of rotatable bonds is 5. The molecule has 4 rings (SSSR count). The maximum atomic E-state index is 3.57. The van der Waals surface area contributed by atoms with Gasteiger partial charge < -0.3 is 4.90 Å². The topological polar surface area (TPSA) is 51.4 Å². The van der Waals surface area contributed by atoms with E-state index in [4.69, 9.17) is 0 Å². The van der Waals surface area contributed by atoms with Gasteiger partial charge in [-0.25, -0.2) is 5.43 Å². The van der Waals surface area contributed by atoms with Gasteiger partial charge in [0, 0.05) is 38.1 Å². The first kappa shape index (κ1) is 17.4. The number of nitrogens with zero attached hydrogens (tertiary/aromatic N) is 1. The molecule has 3 fully saturated rings. The first-order valence-corrected chi connectivity index (χ1v) is 10.1. The van der Waals surface area contributed by atoms with E-state index in [1.165, 1.54) is 44.5 Å². The molecule has 3 aliphatic rings. The zero-order chi connectivity index (χ0) is 17.1. The first-order valence-electron chi connectivity index (χ1n) is 10.1. The fourth-order valence-electron chi connectivity index (χ4n) is 5.06. The standard InChI is InChI=1S/C20H33N5/c1-2-15-11-21-23-19(15)17-9-6-10-25(13-17)14-18-12-22-24-20(18)16-7-4-3-5-8-16/h3-5,7-8,15,17-24H,2,6,9-14H2,1H3. The van der Waals surface area contributed by atoms with Crippen LogP contribution in [0.2, 0.25) is 0 Å². The van der Waals surface area contributed by atoms with Crippen molar-refractivity contribution < 1.29 is 0 Å². The number of piperidine rings is 1. The molecule has 1 aromatic rings. The van der Waals surface area contributed by atoms with E-state index in [-0.39, 0.29) is 0 Å². The average Bonchev–Trinajstić information content (AvgIpc) is 3.32. The van der Waals surface area contributed by atoms with Gasteiger partial charge in [-0.2, -0.15) is 0 Å². The molecule has 0 spiro atoms. The number of hydrogen-bond acceptors (Lipinski definition) is 5. The Morgan fingerprint density at radius 3 is 2.68 bits per heavy atom. The van der Waals surface area contributed by atoms with Crippen LogP contribution in [0, 0.1) is 17.8 Å². The monoisotopic (exact) mass is 343 g/mol. The highest BCUT2D eigenvalue weighted by Gasteiger charge is 2.36. The molecule has 0 aliphatic carbocycles. The molecule has 0 bridgehead atoms. The van der Waals surface area contributed by atoms with Crippen molar-refractivity contribution >= 4 is 0 Å². The largest absolute Gasteiger partial charge is 0.303 e. The maximum Gasteiger partial charge on any atom is 0.0515 e. The first-order chi connectivity index (χ1) is 12.3. The molecule has 5 atom stereocenters. The summed E-state index contributed by atoms with van der Waals surface area (Å²) in [5.41, 5.74) is 15.3. The van der Waals surface area contributed by atoms with Crippen molar-refractivity contribution in [3.8, 4) is 0 Å². The lowest BCUT2D eigenvalue weighted by molar-refractivity contribution is 0.119. The molecule has 25 heavy (non-hydrogen) atoms. The van der Waals surface area contributed by atoms with Crippen molar-refractivity contribution in [1.82, 2.24) is 26.6 Å². The van der Waals surface area contributed by atoms with Gasteiger partial charge in [0.25, 0.3) is 0 Å². The minimum absolute atomic E-state index is 0.427. The summed E-state index contributed by atoms with van der Waals surface area (Å²) >= 11 is 0. The summed E-state index contributed by atoms with van der Waals surface area (Å²) in [5.74, 6) is 2.21. The smallest absolute Gasteiger partial charge is 0.0515 e. The number of nitrogens with one attached hydrogen (secondary N) is 4. The van der Waals surface area contributed by atoms with Gasteiger partial charge in [0.2, 0.25) is 0 Å². The Hall–Kier alpha value is -0.980. The minimum atomic E-state index is 0.427. The van der Waals surface area contributed by atoms with Crippen LogP contribution in [0.1, 0.15) is 37.8 Å². The second-order valence-corrected chi connectivity index (χ2v) is 8.05. The highest BCUT2D eigenvalue weighted by Crippen LogP contribution is 2.30. The average molecular weight is 344 g/mol. The van der Waals surface area contributed by atoms with Crippen molar-refractivity contribution in [2.45, 2.75) is 38.3 Å². The summed E-state index contributed by atoms with van der Waals surface area (Å²) in [6, 6.07) is 12.0. The molecule has 1 aromatic carbocycles. The molecular formula is C20H33N5. The van der Waals surface area contributed by atoms with E-state index in [9.17, 15) is 0 Å². The predicted molar refractivity (Wildman–Crippen MR) is 102 cm³/mol. The van der Waals surface area contributed by atoms with Crippen LogP contribution in [0.25, 0.3) is 0 Å². The van der Waals surface area contributed by atoms with Gasteiger partial charge in [-0.1, -0.05) is 43.7 Å². The second-order valence-electron chi connectivity index (χ2n) is 8.05. The zero-order valence-corrected chi connectivity index (χ0v) is 15.4. The van der Waals surface area contributed by atoms with Crippen molar-refractivity contribution in [3.63, 3.8) is 0 Å². The van der Waals surface area contributed by atoms with E-state index < -0.39 is 0 Å². The lowest BCUT2D eigenvalue weighted by atomic mass is 9.82. The SMILES string of the molecule is CCC1CNNC1C1CCCN(CC2CNNC2c2ccccc2)C1. The number of benzene rings is 1. The highest BCUT2D eigenvalue weighted by atomic mass is 15.4. The molecule has 5 nitrogen and oxygen atoms in total. The molecule has 0 radical (unpaired) electrons. The second kappa shape index (κ2) is 8.14. The van der Waals surface area contributed by atoms with Gasteiger partial charge in [0.05, 0.1) is 6.04 Å². The summed E-state index contributed by atoms with van der Waals surface area (Å²) in [4.78, 5) is 2.72. The van der Waals surface area contributed by atoms with Crippen LogP contribution in [0.15, 0.2) is 30.3 Å². The van der Waals surface area contributed by atoms with Crippen molar-refractivity contribution in [2.24, 2.45) is 17.8 Å². The third kappa shape index (κ3) is 3.91. The van der Waals surface area contributed by atoms with Gasteiger partial charge in [-0.3, -0.25) is 16.3 Å². The fraction of sp³-hybridized carbons (Fsp3) is 0.700. The molecule has 3 heterocycles. The van der Waals surface area contributed by atoms with E-state index in [1.807, 2.05) is 0 Å². The Kier molecular flexibility index (Phi) is 5.68. The van der Waals surface area contributed by atoms with Gasteiger partial charge in [0.15, 0.2) is 0 Å². The van der Waals surface area contributed by atoms with Gasteiger partial charge in [-0.05, 0) is 36.8 Å². The summed E-state index contributed by atoms with van der Waals surface area (Å²) < 4.78 is 0. The Morgan fingerprint density at radius 1 is 1.04 bits per heavy atom. The van der Waals surface area contributed by atoms with Crippen LogP contribution >= 0.6 is 0 Å². The van der Waals surface area contributed by atoms with Crippen molar-refractivity contribution in [3.05, 3.63) is 35.9 Å². The van der Waals surface area contributed by atoms with Crippen LogP contribution in [0.5, 0.6) is 0 Å². The lowest BCUT2D eigenvalue weighted by Gasteiger charge is -2.38. The predicted octanol–water partition coefficient (Wildman–Crippen LogP) is 1.67. The Morgan fingerprint density at radius 2 is 1.84 bits per heavy atom. The molecule has 3 saturated heterocycles. The highest BCUT2D eigenvalue weighted by molar-refractivity contribution is 5.20. The molecule has 0 saturated carbocycles. The normalized spacial score (nSPS) is 36.8. The number of hydrogen-bond donors (Lipinski definition) is 4. The van der Waals surface area contributed by atoms with Gasteiger partial charge >= 0.3 is 0 Å². The van der Waals surface area contributed by atoms with Gasteiger partial charge in [0.1, 0.15) is 0 Å². The van der Waals surface area contributed by atoms with Crippen LogP contribution in [-0.2, 0) is 0 Å². The fourth-order valence-corrected chi connectivity index (χ4v) is 5.06. The van der Waals surface area contributed by atoms with E-state index in [0.29, 0.717) is 18.0 Å². The summed E-state index contributed by atoms with van der Waals surface area (Å²) in [6.07, 6.45) is 3.98. The van der Waals surface area contributed by atoms with E-state index >= 15 is 0 Å². The summed E-state index contributed by atoms with van der Waals surface area (Å²) in [6.45, 7) is 8.20. The Labute approximate surface area is 151 Å². The molecular weight excluding hydrogens is 310 g/mol. The molecule has 3 aliphatic heterocycles. The Balaban J connectivity index is 1.37. The van der Waals surface area contributed by atoms with Crippen LogP contribution in [0.4, 0.5) is 0 Å². The van der Waals surface area contributed by atoms with E-state index in [1.54, 1.807) is 0 Å². The van der Waals surface area contributed by atoms with Crippen molar-refractivity contribution in [2.75, 3.05) is 32.7 Å². The quantitative estimate of drug-likeness (QED) is 0.655. The summed E-state index contributed by atoms with van der Waals surface area (Å²) in [5, 5.41) is 0. The van der Waals surface area contributed by atoms with Crippen LogP contribution in [0.3, 0.4) is 0 Å². The van der Waals surface area contributed by atoms with Crippen LogP contribution in [-0.4, -0.2) is 43.7 Å². The molecule has 0 aromatic heterocycles. The van der Waals surface area contributed by atoms with Crippen molar-refractivity contribution in [1.29, 1.82) is 0 Å². The number of hydrazine groups is 2. The zero-order valence-electron chi connectivity index (χ0n) is 15.4. The molecule has 0 amide bonds. The molecule has 4 N–H and O–H groups in total. The van der Waals surface area contributed by atoms with E-state index in [0.717, 1.165) is 24.9 Å². The lowest BCUT2D eigenvalue weighted by Crippen LogP contribution is -2.48. The minimum Gasteiger partial charge on any atom is -0.303 e. The maximum absolute atomic E-state index is 3.57. The van der Waals surface area contributed by atoms with Gasteiger partial charge in [-0.15, -0.1) is 0 Å². The number of likely N-dealkylation sites (tertiary alicyclic amines) is 1. The molecule has 5 heteroatoms. The third-order valence-corrected chi connectivity index (χ3v) is 6.46. The summed E-state index contributed by atoms with van der Waals surface area (Å²) in [7, 11) is 0. The Bertz CT molecular complexity index is 536. The van der Waals surface area contributed by atoms with E-state index in [2.05, 4.69) is 63.9 Å². The molecule has 138 valence electrons. The van der Waals surface area contributed by atoms with Crippen LogP contribution < -0.4 is 21.7 Å². The third-order valence-electron chi connectivity index (χ3n) is 6.46.